The second-order valence-electron chi connectivity index (χ2n) is 4.29. The second-order valence-corrected chi connectivity index (χ2v) is 4.29. The smallest absolute Gasteiger partial charge is 0.165 e. The van der Waals surface area contributed by atoms with E-state index in [1.54, 1.807) is 31.4 Å². The van der Waals surface area contributed by atoms with Crippen LogP contribution in [0, 0.1) is 12.7 Å². The van der Waals surface area contributed by atoms with Crippen molar-refractivity contribution in [2.75, 3.05) is 12.8 Å². The van der Waals surface area contributed by atoms with Crippen molar-refractivity contribution < 1.29 is 13.9 Å². The predicted molar refractivity (Wildman–Crippen MR) is 72.9 cm³/mol. The molecule has 2 N–H and O–H groups in total. The van der Waals surface area contributed by atoms with Crippen LogP contribution < -0.4 is 15.2 Å². The fraction of sp³-hybridized carbons (Fsp3) is 0.200. The predicted octanol–water partition coefficient (Wildman–Crippen LogP) is 3.30. The summed E-state index contributed by atoms with van der Waals surface area (Å²) in [6.45, 7) is 2.11. The van der Waals surface area contributed by atoms with Gasteiger partial charge in [-0.15, -0.1) is 0 Å². The van der Waals surface area contributed by atoms with Crippen LogP contribution in [0.2, 0.25) is 0 Å². The summed E-state index contributed by atoms with van der Waals surface area (Å²) >= 11 is 0. The van der Waals surface area contributed by atoms with Crippen LogP contribution in [0.1, 0.15) is 11.1 Å². The Hall–Kier alpha value is -2.23. The molecule has 0 heterocycles. The number of halogens is 1. The molecule has 0 amide bonds. The van der Waals surface area contributed by atoms with Crippen molar-refractivity contribution >= 4 is 5.69 Å². The number of aryl methyl sites for hydroxylation is 1. The first-order valence-corrected chi connectivity index (χ1v) is 5.91. The van der Waals surface area contributed by atoms with E-state index in [4.69, 9.17) is 15.2 Å². The molecule has 0 bridgehead atoms. The first-order valence-electron chi connectivity index (χ1n) is 5.91. The van der Waals surface area contributed by atoms with Crippen molar-refractivity contribution in [3.63, 3.8) is 0 Å². The molecule has 0 radical (unpaired) electrons. The SMILES string of the molecule is COc1cc(N)ccc1COc1cc(C)ccc1F. The maximum absolute atomic E-state index is 13.5. The largest absolute Gasteiger partial charge is 0.496 e. The van der Waals surface area contributed by atoms with Crippen molar-refractivity contribution in [2.45, 2.75) is 13.5 Å². The summed E-state index contributed by atoms with van der Waals surface area (Å²) < 4.78 is 24.2. The summed E-state index contributed by atoms with van der Waals surface area (Å²) in [5.41, 5.74) is 8.05. The lowest BCUT2D eigenvalue weighted by molar-refractivity contribution is 0.282. The number of nitrogen functional groups attached to an aromatic ring is 1. The molecule has 0 unspecified atom stereocenters. The second kappa shape index (κ2) is 5.61. The van der Waals surface area contributed by atoms with Gasteiger partial charge in [0.25, 0.3) is 0 Å². The van der Waals surface area contributed by atoms with E-state index in [-0.39, 0.29) is 18.2 Å². The highest BCUT2D eigenvalue weighted by Gasteiger charge is 2.07. The zero-order chi connectivity index (χ0) is 13.8. The fourth-order valence-electron chi connectivity index (χ4n) is 1.76. The minimum Gasteiger partial charge on any atom is -0.496 e. The van der Waals surface area contributed by atoms with E-state index in [1.807, 2.05) is 13.0 Å². The summed E-state index contributed by atoms with van der Waals surface area (Å²) in [6.07, 6.45) is 0. The lowest BCUT2D eigenvalue weighted by Crippen LogP contribution is -2.01. The summed E-state index contributed by atoms with van der Waals surface area (Å²) in [4.78, 5) is 0. The molecule has 2 aromatic carbocycles. The molecule has 0 saturated carbocycles. The molecule has 19 heavy (non-hydrogen) atoms. The highest BCUT2D eigenvalue weighted by Crippen LogP contribution is 2.25. The first-order chi connectivity index (χ1) is 9.10. The van der Waals surface area contributed by atoms with Crippen LogP contribution in [-0.4, -0.2) is 7.11 Å². The molecule has 0 aliphatic rings. The van der Waals surface area contributed by atoms with Gasteiger partial charge in [-0.3, -0.25) is 0 Å². The number of ether oxygens (including phenoxy) is 2. The van der Waals surface area contributed by atoms with Gasteiger partial charge in [0.2, 0.25) is 0 Å². The average molecular weight is 261 g/mol. The van der Waals surface area contributed by atoms with Crippen LogP contribution in [0.5, 0.6) is 11.5 Å². The van der Waals surface area contributed by atoms with Crippen LogP contribution >= 0.6 is 0 Å². The van der Waals surface area contributed by atoms with Gasteiger partial charge in [0.1, 0.15) is 12.4 Å². The van der Waals surface area contributed by atoms with Gasteiger partial charge in [0, 0.05) is 17.3 Å². The number of anilines is 1. The minimum atomic E-state index is -0.375. The van der Waals surface area contributed by atoms with Gasteiger partial charge in [-0.25, -0.2) is 4.39 Å². The number of benzene rings is 2. The van der Waals surface area contributed by atoms with E-state index in [0.29, 0.717) is 11.4 Å². The molecule has 100 valence electrons. The molecule has 3 nitrogen and oxygen atoms in total. The van der Waals surface area contributed by atoms with Gasteiger partial charge in [-0.2, -0.15) is 0 Å². The maximum atomic E-state index is 13.5. The Labute approximate surface area is 111 Å². The molecular formula is C15H16FNO2. The van der Waals surface area contributed by atoms with E-state index in [2.05, 4.69) is 0 Å². The molecule has 0 aliphatic heterocycles. The summed E-state index contributed by atoms with van der Waals surface area (Å²) in [5.74, 6) is 0.493. The van der Waals surface area contributed by atoms with Gasteiger partial charge < -0.3 is 15.2 Å². The van der Waals surface area contributed by atoms with Crippen LogP contribution in [0.15, 0.2) is 36.4 Å². The van der Waals surface area contributed by atoms with Crippen LogP contribution in [0.25, 0.3) is 0 Å². The molecular weight excluding hydrogens is 245 g/mol. The van der Waals surface area contributed by atoms with E-state index < -0.39 is 0 Å². The Morgan fingerprint density at radius 1 is 1.11 bits per heavy atom. The fourth-order valence-corrected chi connectivity index (χ4v) is 1.76. The van der Waals surface area contributed by atoms with E-state index in [0.717, 1.165) is 11.1 Å². The summed E-state index contributed by atoms with van der Waals surface area (Å²) in [7, 11) is 1.56. The number of rotatable bonds is 4. The average Bonchev–Trinajstić information content (AvgIpc) is 2.40. The summed E-state index contributed by atoms with van der Waals surface area (Å²) in [6, 6.07) is 10.0. The van der Waals surface area contributed by atoms with E-state index in [9.17, 15) is 4.39 Å². The van der Waals surface area contributed by atoms with Gasteiger partial charge in [0.15, 0.2) is 11.6 Å². The highest BCUT2D eigenvalue weighted by atomic mass is 19.1. The zero-order valence-electron chi connectivity index (χ0n) is 10.9. The van der Waals surface area contributed by atoms with Crippen molar-refractivity contribution in [2.24, 2.45) is 0 Å². The third kappa shape index (κ3) is 3.16. The Bertz CT molecular complexity index is 584. The molecule has 0 saturated heterocycles. The minimum absolute atomic E-state index is 0.226. The molecule has 0 aromatic heterocycles. The molecule has 0 fully saturated rings. The Morgan fingerprint density at radius 2 is 1.89 bits per heavy atom. The number of hydrogen-bond donors (Lipinski definition) is 1. The molecule has 4 heteroatoms. The number of hydrogen-bond acceptors (Lipinski definition) is 3. The van der Waals surface area contributed by atoms with Crippen LogP contribution in [-0.2, 0) is 6.61 Å². The lowest BCUT2D eigenvalue weighted by atomic mass is 10.2. The zero-order valence-corrected chi connectivity index (χ0v) is 10.9. The third-order valence-corrected chi connectivity index (χ3v) is 2.78. The quantitative estimate of drug-likeness (QED) is 0.859. The topological polar surface area (TPSA) is 44.5 Å². The molecule has 2 rings (SSSR count). The van der Waals surface area contributed by atoms with Gasteiger partial charge in [-0.05, 0) is 36.8 Å². The number of nitrogens with two attached hydrogens (primary N) is 1. The van der Waals surface area contributed by atoms with Crippen LogP contribution in [0.4, 0.5) is 10.1 Å². The number of methoxy groups -OCH3 is 1. The normalized spacial score (nSPS) is 10.3. The van der Waals surface area contributed by atoms with Gasteiger partial charge in [-0.1, -0.05) is 6.07 Å². The summed E-state index contributed by atoms with van der Waals surface area (Å²) in [5, 5.41) is 0. The van der Waals surface area contributed by atoms with Gasteiger partial charge in [0.05, 0.1) is 7.11 Å². The van der Waals surface area contributed by atoms with Gasteiger partial charge >= 0.3 is 0 Å². The third-order valence-electron chi connectivity index (χ3n) is 2.78. The molecule has 0 aliphatic carbocycles. The van der Waals surface area contributed by atoms with E-state index in [1.165, 1.54) is 6.07 Å². The van der Waals surface area contributed by atoms with Crippen molar-refractivity contribution in [1.82, 2.24) is 0 Å². The Balaban J connectivity index is 2.16. The van der Waals surface area contributed by atoms with E-state index >= 15 is 0 Å². The lowest BCUT2D eigenvalue weighted by Gasteiger charge is -2.11. The Morgan fingerprint density at radius 3 is 2.63 bits per heavy atom. The standard InChI is InChI=1S/C15H16FNO2/c1-10-3-6-13(16)15(7-10)19-9-11-4-5-12(17)8-14(11)18-2/h3-8H,9,17H2,1-2H3. The van der Waals surface area contributed by atoms with Crippen molar-refractivity contribution in [3.05, 3.63) is 53.3 Å². The van der Waals surface area contributed by atoms with Crippen LogP contribution in [0.3, 0.4) is 0 Å². The molecule has 2 aromatic rings. The first kappa shape index (κ1) is 13.2. The molecule has 0 spiro atoms. The molecule has 0 atom stereocenters. The highest BCUT2D eigenvalue weighted by molar-refractivity contribution is 5.48. The maximum Gasteiger partial charge on any atom is 0.165 e. The van der Waals surface area contributed by atoms with Crippen molar-refractivity contribution in [1.29, 1.82) is 0 Å². The monoisotopic (exact) mass is 261 g/mol. The van der Waals surface area contributed by atoms with Crippen molar-refractivity contribution in [3.8, 4) is 11.5 Å². The Kier molecular flexibility index (Phi) is 3.90.